The average Bonchev–Trinajstić information content (AvgIpc) is 2.26. The van der Waals surface area contributed by atoms with Gasteiger partial charge in [-0.3, -0.25) is 4.79 Å². The third kappa shape index (κ3) is 4.62. The fraction of sp³-hybridized carbons (Fsp3) is 0.909. The van der Waals surface area contributed by atoms with E-state index in [1.165, 1.54) is 13.0 Å². The highest BCUT2D eigenvalue weighted by molar-refractivity contribution is 5.76. The zero-order valence-electron chi connectivity index (χ0n) is 9.79. The third-order valence-electron chi connectivity index (χ3n) is 2.85. The quantitative estimate of drug-likeness (QED) is 0.729. The van der Waals surface area contributed by atoms with Gasteiger partial charge in [0.1, 0.15) is 0 Å². The van der Waals surface area contributed by atoms with Crippen LogP contribution in [0.1, 0.15) is 26.2 Å². The fourth-order valence-electron chi connectivity index (χ4n) is 1.96. The molecule has 88 valence electrons. The Kier molecular flexibility index (Phi) is 5.65. The van der Waals surface area contributed by atoms with E-state index in [9.17, 15) is 4.79 Å². The van der Waals surface area contributed by atoms with Crippen LogP contribution in [0.2, 0.25) is 0 Å². The zero-order valence-corrected chi connectivity index (χ0v) is 9.79. The highest BCUT2D eigenvalue weighted by atomic mass is 16.5. The molecular weight excluding hydrogens is 192 g/mol. The van der Waals surface area contributed by atoms with Gasteiger partial charge >= 0.3 is 0 Å². The summed E-state index contributed by atoms with van der Waals surface area (Å²) in [5.74, 6) is 0.111. The first-order chi connectivity index (χ1) is 7.26. The van der Waals surface area contributed by atoms with Crippen LogP contribution in [-0.2, 0) is 9.53 Å². The van der Waals surface area contributed by atoms with Gasteiger partial charge < -0.3 is 15.0 Å². The van der Waals surface area contributed by atoms with Crippen LogP contribution in [0.4, 0.5) is 0 Å². The van der Waals surface area contributed by atoms with Crippen LogP contribution in [0.5, 0.6) is 0 Å². The number of hydrogen-bond donors (Lipinski definition) is 1. The van der Waals surface area contributed by atoms with E-state index in [0.29, 0.717) is 19.1 Å². The second-order valence-electron chi connectivity index (χ2n) is 4.04. The lowest BCUT2D eigenvalue weighted by Crippen LogP contribution is -2.47. The Morgan fingerprint density at radius 1 is 1.60 bits per heavy atom. The van der Waals surface area contributed by atoms with Crippen LogP contribution in [0.25, 0.3) is 0 Å². The number of nitrogens with zero attached hydrogens (tertiary/aromatic N) is 1. The molecule has 4 heteroatoms. The molecule has 0 aliphatic carbocycles. The lowest BCUT2D eigenvalue weighted by Gasteiger charge is -2.32. The summed E-state index contributed by atoms with van der Waals surface area (Å²) in [6, 6.07) is 0.336. The second kappa shape index (κ2) is 6.80. The summed E-state index contributed by atoms with van der Waals surface area (Å²) >= 11 is 0. The number of carbonyl (C=O) groups is 1. The summed E-state index contributed by atoms with van der Waals surface area (Å²) in [5.41, 5.74) is 0. The van der Waals surface area contributed by atoms with Crippen molar-refractivity contribution in [1.82, 2.24) is 10.2 Å². The predicted molar refractivity (Wildman–Crippen MR) is 59.8 cm³/mol. The van der Waals surface area contributed by atoms with E-state index < -0.39 is 0 Å². The smallest absolute Gasteiger partial charge is 0.222 e. The van der Waals surface area contributed by atoms with Gasteiger partial charge in [0.05, 0.1) is 6.61 Å². The molecule has 1 fully saturated rings. The van der Waals surface area contributed by atoms with Crippen LogP contribution < -0.4 is 5.32 Å². The molecule has 0 radical (unpaired) electrons. The fourth-order valence-corrected chi connectivity index (χ4v) is 1.96. The standard InChI is InChI=1S/C11H22N2O2/c1-3-13-7-4-5-10(9-13)12-11(14)6-8-15-2/h10H,3-9H2,1-2H3,(H,12,14). The van der Waals surface area contributed by atoms with E-state index in [1.54, 1.807) is 7.11 Å². The van der Waals surface area contributed by atoms with Crippen molar-refractivity contribution in [2.24, 2.45) is 0 Å². The van der Waals surface area contributed by atoms with Crippen LogP contribution in [-0.4, -0.2) is 50.2 Å². The van der Waals surface area contributed by atoms with Crippen molar-refractivity contribution in [3.05, 3.63) is 0 Å². The van der Waals surface area contributed by atoms with E-state index in [2.05, 4.69) is 17.1 Å². The Hall–Kier alpha value is -0.610. The van der Waals surface area contributed by atoms with Gasteiger partial charge in [0.2, 0.25) is 5.91 Å². The SMILES string of the molecule is CCN1CCCC(NC(=O)CCOC)C1. The Bertz CT molecular complexity index is 197. The zero-order chi connectivity index (χ0) is 11.1. The molecule has 0 spiro atoms. The summed E-state index contributed by atoms with van der Waals surface area (Å²) in [6.45, 7) is 5.91. The number of likely N-dealkylation sites (N-methyl/N-ethyl adjacent to an activating group) is 1. The topological polar surface area (TPSA) is 41.6 Å². The number of hydrogen-bond acceptors (Lipinski definition) is 3. The van der Waals surface area contributed by atoms with E-state index >= 15 is 0 Å². The number of amides is 1. The van der Waals surface area contributed by atoms with Crippen LogP contribution in [0.3, 0.4) is 0 Å². The van der Waals surface area contributed by atoms with Crippen molar-refractivity contribution in [2.45, 2.75) is 32.2 Å². The summed E-state index contributed by atoms with van der Waals surface area (Å²) < 4.78 is 4.87. The van der Waals surface area contributed by atoms with E-state index in [-0.39, 0.29) is 5.91 Å². The third-order valence-corrected chi connectivity index (χ3v) is 2.85. The Balaban J connectivity index is 2.22. The number of methoxy groups -OCH3 is 1. The van der Waals surface area contributed by atoms with Gasteiger partial charge in [0, 0.05) is 26.1 Å². The molecule has 1 aliphatic heterocycles. The average molecular weight is 214 g/mol. The second-order valence-corrected chi connectivity index (χ2v) is 4.04. The van der Waals surface area contributed by atoms with Gasteiger partial charge in [-0.2, -0.15) is 0 Å². The van der Waals surface area contributed by atoms with Gasteiger partial charge in [-0.25, -0.2) is 0 Å². The molecule has 15 heavy (non-hydrogen) atoms. The van der Waals surface area contributed by atoms with Crippen molar-refractivity contribution in [3.63, 3.8) is 0 Å². The number of likely N-dealkylation sites (tertiary alicyclic amines) is 1. The molecule has 0 bridgehead atoms. The highest BCUT2D eigenvalue weighted by Crippen LogP contribution is 2.09. The first-order valence-corrected chi connectivity index (χ1v) is 5.77. The number of rotatable bonds is 5. The van der Waals surface area contributed by atoms with Crippen LogP contribution in [0, 0.1) is 0 Å². The monoisotopic (exact) mass is 214 g/mol. The van der Waals surface area contributed by atoms with Gasteiger partial charge in [0.15, 0.2) is 0 Å². The molecule has 4 nitrogen and oxygen atoms in total. The maximum Gasteiger partial charge on any atom is 0.222 e. The van der Waals surface area contributed by atoms with E-state index in [0.717, 1.165) is 19.5 Å². The molecule has 1 aliphatic rings. The molecule has 1 atom stereocenters. The maximum atomic E-state index is 11.5. The lowest BCUT2D eigenvalue weighted by atomic mass is 10.1. The first kappa shape index (κ1) is 12.5. The van der Waals surface area contributed by atoms with Crippen LogP contribution >= 0.6 is 0 Å². The number of ether oxygens (including phenoxy) is 1. The minimum Gasteiger partial charge on any atom is -0.384 e. The lowest BCUT2D eigenvalue weighted by molar-refractivity contribution is -0.123. The molecule has 0 aromatic heterocycles. The Labute approximate surface area is 92.0 Å². The highest BCUT2D eigenvalue weighted by Gasteiger charge is 2.19. The molecule has 1 saturated heterocycles. The molecule has 1 N–H and O–H groups in total. The minimum absolute atomic E-state index is 0.111. The van der Waals surface area contributed by atoms with Crippen molar-refractivity contribution >= 4 is 5.91 Å². The van der Waals surface area contributed by atoms with Crippen molar-refractivity contribution < 1.29 is 9.53 Å². The molecule has 0 aromatic carbocycles. The van der Waals surface area contributed by atoms with Gasteiger partial charge in [-0.15, -0.1) is 0 Å². The van der Waals surface area contributed by atoms with Crippen molar-refractivity contribution in [3.8, 4) is 0 Å². The van der Waals surface area contributed by atoms with Gasteiger partial charge in [-0.05, 0) is 25.9 Å². The van der Waals surface area contributed by atoms with E-state index in [1.807, 2.05) is 0 Å². The summed E-state index contributed by atoms with van der Waals surface area (Å²) in [4.78, 5) is 13.8. The molecular formula is C11H22N2O2. The largest absolute Gasteiger partial charge is 0.384 e. The maximum absolute atomic E-state index is 11.5. The molecule has 0 aromatic rings. The first-order valence-electron chi connectivity index (χ1n) is 5.77. The van der Waals surface area contributed by atoms with Crippen molar-refractivity contribution in [2.75, 3.05) is 33.4 Å². The predicted octanol–water partition coefficient (Wildman–Crippen LogP) is 0.623. The van der Waals surface area contributed by atoms with Crippen LogP contribution in [0.15, 0.2) is 0 Å². The van der Waals surface area contributed by atoms with Gasteiger partial charge in [-0.1, -0.05) is 6.92 Å². The summed E-state index contributed by atoms with van der Waals surface area (Å²) in [5, 5.41) is 3.06. The molecule has 1 rings (SSSR count). The minimum atomic E-state index is 0.111. The molecule has 1 amide bonds. The molecule has 1 heterocycles. The number of carbonyl (C=O) groups excluding carboxylic acids is 1. The van der Waals surface area contributed by atoms with Gasteiger partial charge in [0.25, 0.3) is 0 Å². The Morgan fingerprint density at radius 2 is 2.40 bits per heavy atom. The number of nitrogens with one attached hydrogen (secondary N) is 1. The summed E-state index contributed by atoms with van der Waals surface area (Å²) in [6.07, 6.45) is 2.76. The molecule has 1 unspecified atom stereocenters. The van der Waals surface area contributed by atoms with Crippen molar-refractivity contribution in [1.29, 1.82) is 0 Å². The Morgan fingerprint density at radius 3 is 3.07 bits per heavy atom. The summed E-state index contributed by atoms with van der Waals surface area (Å²) in [7, 11) is 1.62. The number of piperidine rings is 1. The normalized spacial score (nSPS) is 22.7. The van der Waals surface area contributed by atoms with E-state index in [4.69, 9.17) is 4.74 Å². The molecule has 0 saturated carbocycles.